The minimum atomic E-state index is 1.19. The van der Waals surface area contributed by atoms with Crippen molar-refractivity contribution < 1.29 is 0 Å². The molecule has 0 amide bonds. The first-order valence-electron chi connectivity index (χ1n) is 5.45. The molecule has 0 radical (unpaired) electrons. The number of hydrogen-bond acceptors (Lipinski definition) is 0. The van der Waals surface area contributed by atoms with Gasteiger partial charge >= 0.3 is 0 Å². The normalized spacial score (nSPS) is 54.5. The van der Waals surface area contributed by atoms with Crippen LogP contribution in [-0.4, -0.2) is 0 Å². The SMILES string of the molecule is C1CCC2CC3CC(CC1)C23. The summed E-state index contributed by atoms with van der Waals surface area (Å²) in [4.78, 5) is 0. The van der Waals surface area contributed by atoms with Gasteiger partial charge in [-0.05, 0) is 36.5 Å². The van der Waals surface area contributed by atoms with Crippen LogP contribution in [-0.2, 0) is 0 Å². The lowest BCUT2D eigenvalue weighted by Crippen LogP contribution is -2.51. The third-order valence-electron chi connectivity index (χ3n) is 4.49. The zero-order valence-corrected chi connectivity index (χ0v) is 7.26. The molecule has 0 aliphatic heterocycles. The van der Waals surface area contributed by atoms with Gasteiger partial charge in [0, 0.05) is 0 Å². The monoisotopic (exact) mass is 150 g/mol. The van der Waals surface area contributed by atoms with Crippen LogP contribution >= 0.6 is 0 Å². The second kappa shape index (κ2) is 2.24. The predicted octanol–water partition coefficient (Wildman–Crippen LogP) is 3.22. The van der Waals surface area contributed by atoms with Crippen LogP contribution in [0.2, 0.25) is 0 Å². The van der Waals surface area contributed by atoms with Gasteiger partial charge in [0.2, 0.25) is 0 Å². The van der Waals surface area contributed by atoms with Gasteiger partial charge in [-0.3, -0.25) is 0 Å². The minimum Gasteiger partial charge on any atom is -0.0533 e. The maximum atomic E-state index is 1.61. The standard InChI is InChI=1S/C11H18/c1-2-4-8-6-10-7-9(5-3-1)11(8)10/h8-11H,1-7H2. The Balaban J connectivity index is 1.70. The van der Waals surface area contributed by atoms with Crippen LogP contribution in [0.4, 0.5) is 0 Å². The molecule has 0 spiro atoms. The zero-order chi connectivity index (χ0) is 7.26. The van der Waals surface area contributed by atoms with E-state index < -0.39 is 0 Å². The molecule has 0 aromatic carbocycles. The highest BCUT2D eigenvalue weighted by Crippen LogP contribution is 2.61. The molecule has 0 nitrogen and oxygen atoms in total. The van der Waals surface area contributed by atoms with Gasteiger partial charge in [-0.1, -0.05) is 32.1 Å². The molecule has 0 heteroatoms. The molecule has 2 unspecified atom stereocenters. The van der Waals surface area contributed by atoms with Gasteiger partial charge in [0.25, 0.3) is 0 Å². The summed E-state index contributed by atoms with van der Waals surface area (Å²) in [5.41, 5.74) is 0. The van der Waals surface area contributed by atoms with E-state index in [1.807, 2.05) is 0 Å². The molecule has 3 saturated carbocycles. The van der Waals surface area contributed by atoms with Crippen LogP contribution in [0.15, 0.2) is 0 Å². The summed E-state index contributed by atoms with van der Waals surface area (Å²) in [5, 5.41) is 0. The molecule has 62 valence electrons. The molecular formula is C11H18. The Labute approximate surface area is 69.4 Å². The van der Waals surface area contributed by atoms with E-state index in [1.54, 1.807) is 38.5 Å². The molecule has 0 saturated heterocycles. The van der Waals surface area contributed by atoms with E-state index >= 15 is 0 Å². The predicted molar refractivity (Wildman–Crippen MR) is 46.3 cm³/mol. The maximum Gasteiger partial charge on any atom is -0.0329 e. The van der Waals surface area contributed by atoms with Crippen LogP contribution in [0.1, 0.15) is 44.9 Å². The quantitative estimate of drug-likeness (QED) is 0.497. The summed E-state index contributed by atoms with van der Waals surface area (Å²) in [6.45, 7) is 0. The first kappa shape index (κ1) is 6.51. The van der Waals surface area contributed by atoms with Crippen molar-refractivity contribution >= 4 is 0 Å². The summed E-state index contributed by atoms with van der Waals surface area (Å²) >= 11 is 0. The molecule has 0 aromatic rings. The third kappa shape index (κ3) is 0.816. The highest BCUT2D eigenvalue weighted by Gasteiger charge is 2.52. The van der Waals surface area contributed by atoms with Crippen LogP contribution in [0.5, 0.6) is 0 Å². The molecule has 0 bridgehead atoms. The minimum absolute atomic E-state index is 1.19. The van der Waals surface area contributed by atoms with Crippen molar-refractivity contribution in [3.8, 4) is 0 Å². The van der Waals surface area contributed by atoms with E-state index in [2.05, 4.69) is 0 Å². The van der Waals surface area contributed by atoms with Gasteiger partial charge in [0.05, 0.1) is 0 Å². The van der Waals surface area contributed by atoms with Crippen molar-refractivity contribution in [3.05, 3.63) is 0 Å². The third-order valence-corrected chi connectivity index (χ3v) is 4.49. The molecular weight excluding hydrogens is 132 g/mol. The number of hydrogen-bond donors (Lipinski definition) is 0. The fourth-order valence-corrected chi connectivity index (χ4v) is 3.88. The first-order chi connectivity index (χ1) is 5.45. The zero-order valence-electron chi connectivity index (χ0n) is 7.26. The fraction of sp³-hybridized carbons (Fsp3) is 1.00. The fourth-order valence-electron chi connectivity index (χ4n) is 3.88. The van der Waals surface area contributed by atoms with E-state index in [0.29, 0.717) is 0 Å². The molecule has 3 aliphatic rings. The van der Waals surface area contributed by atoms with Crippen molar-refractivity contribution in [1.82, 2.24) is 0 Å². The molecule has 0 N–H and O–H groups in total. The van der Waals surface area contributed by atoms with E-state index in [0.717, 1.165) is 0 Å². The van der Waals surface area contributed by atoms with Gasteiger partial charge in [0.1, 0.15) is 0 Å². The van der Waals surface area contributed by atoms with Crippen LogP contribution in [0.25, 0.3) is 0 Å². The maximum absolute atomic E-state index is 1.61. The van der Waals surface area contributed by atoms with E-state index in [4.69, 9.17) is 0 Å². The molecule has 3 fully saturated rings. The number of rotatable bonds is 0. The lowest BCUT2D eigenvalue weighted by molar-refractivity contribution is -0.102. The van der Waals surface area contributed by atoms with E-state index in [1.165, 1.54) is 30.1 Å². The Morgan fingerprint density at radius 1 is 0.636 bits per heavy atom. The Morgan fingerprint density at radius 2 is 1.27 bits per heavy atom. The summed E-state index contributed by atoms with van der Waals surface area (Å²) in [5.74, 6) is 4.83. The van der Waals surface area contributed by atoms with Crippen LogP contribution in [0.3, 0.4) is 0 Å². The molecule has 3 rings (SSSR count). The second-order valence-electron chi connectivity index (χ2n) is 4.97. The van der Waals surface area contributed by atoms with Gasteiger partial charge in [0.15, 0.2) is 0 Å². The summed E-state index contributed by atoms with van der Waals surface area (Å²) < 4.78 is 0. The molecule has 3 aliphatic carbocycles. The lowest BCUT2D eigenvalue weighted by Gasteiger charge is -2.60. The highest BCUT2D eigenvalue weighted by atomic mass is 14.6. The van der Waals surface area contributed by atoms with Crippen molar-refractivity contribution in [2.75, 3.05) is 0 Å². The van der Waals surface area contributed by atoms with E-state index in [9.17, 15) is 0 Å². The van der Waals surface area contributed by atoms with Crippen molar-refractivity contribution in [2.45, 2.75) is 44.9 Å². The molecule has 0 aromatic heterocycles. The van der Waals surface area contributed by atoms with Gasteiger partial charge in [-0.2, -0.15) is 0 Å². The van der Waals surface area contributed by atoms with Crippen molar-refractivity contribution in [3.63, 3.8) is 0 Å². The summed E-state index contributed by atoms with van der Waals surface area (Å²) in [6, 6.07) is 0. The lowest BCUT2D eigenvalue weighted by atomic mass is 9.45. The smallest absolute Gasteiger partial charge is 0.0329 e. The van der Waals surface area contributed by atoms with Crippen molar-refractivity contribution in [1.29, 1.82) is 0 Å². The Hall–Kier alpha value is 0. The van der Waals surface area contributed by atoms with Crippen LogP contribution < -0.4 is 0 Å². The average molecular weight is 150 g/mol. The molecule has 2 atom stereocenters. The van der Waals surface area contributed by atoms with E-state index in [-0.39, 0.29) is 0 Å². The molecule has 0 heterocycles. The average Bonchev–Trinajstić information content (AvgIpc) is 1.98. The highest BCUT2D eigenvalue weighted by molar-refractivity contribution is 5.02. The van der Waals surface area contributed by atoms with Crippen molar-refractivity contribution in [2.24, 2.45) is 23.7 Å². The summed E-state index contributed by atoms with van der Waals surface area (Å²) in [7, 11) is 0. The Kier molecular flexibility index (Phi) is 1.33. The Bertz CT molecular complexity index is 145. The second-order valence-corrected chi connectivity index (χ2v) is 4.97. The Morgan fingerprint density at radius 3 is 1.82 bits per heavy atom. The van der Waals surface area contributed by atoms with Gasteiger partial charge in [-0.25, -0.2) is 0 Å². The largest absolute Gasteiger partial charge is 0.0533 e. The summed E-state index contributed by atoms with van der Waals surface area (Å²) in [6.07, 6.45) is 11.0. The van der Waals surface area contributed by atoms with Crippen LogP contribution in [0, 0.1) is 23.7 Å². The molecule has 11 heavy (non-hydrogen) atoms. The topological polar surface area (TPSA) is 0 Å². The van der Waals surface area contributed by atoms with Gasteiger partial charge < -0.3 is 0 Å². The van der Waals surface area contributed by atoms with Gasteiger partial charge in [-0.15, -0.1) is 0 Å². The first-order valence-corrected chi connectivity index (χ1v) is 5.45.